The highest BCUT2D eigenvalue weighted by molar-refractivity contribution is 7.89. The van der Waals surface area contributed by atoms with Gasteiger partial charge in [0.1, 0.15) is 17.4 Å². The molecule has 1 saturated heterocycles. The minimum Gasteiger partial charge on any atom is -0.383 e. The summed E-state index contributed by atoms with van der Waals surface area (Å²) < 4.78 is 36.3. The van der Waals surface area contributed by atoms with E-state index in [0.29, 0.717) is 22.2 Å². The van der Waals surface area contributed by atoms with E-state index in [9.17, 15) is 13.2 Å². The molecule has 1 N–H and O–H groups in total. The Labute approximate surface area is 209 Å². The first-order valence-corrected chi connectivity index (χ1v) is 13.9. The number of morpholine rings is 1. The molecule has 0 saturated carbocycles. The minimum absolute atomic E-state index is 0.0175. The van der Waals surface area contributed by atoms with Crippen molar-refractivity contribution in [2.75, 3.05) is 43.3 Å². The number of carbonyl (C=O) groups excluding carboxylic acids is 1. The molecule has 3 unspecified atom stereocenters. The third kappa shape index (κ3) is 5.89. The number of amides is 1. The van der Waals surface area contributed by atoms with E-state index in [1.54, 1.807) is 12.1 Å². The summed E-state index contributed by atoms with van der Waals surface area (Å²) in [6.45, 7) is 5.63. The maximum atomic E-state index is 13.1. The number of aromatic nitrogens is 3. The van der Waals surface area contributed by atoms with Gasteiger partial charge in [-0.2, -0.15) is 0 Å². The first-order valence-electron chi connectivity index (χ1n) is 11.2. The Balaban J connectivity index is 1.52. The van der Waals surface area contributed by atoms with Crippen LogP contribution in [0.1, 0.15) is 25.5 Å². The molecule has 0 spiro atoms. The van der Waals surface area contributed by atoms with Crippen LogP contribution >= 0.6 is 11.3 Å². The predicted octanol–water partition coefficient (Wildman–Crippen LogP) is 2.80. The molecule has 1 aliphatic rings. The molecule has 0 radical (unpaired) electrons. The van der Waals surface area contributed by atoms with Gasteiger partial charge in [0.25, 0.3) is 0 Å². The van der Waals surface area contributed by atoms with Gasteiger partial charge in [0.15, 0.2) is 5.13 Å². The van der Waals surface area contributed by atoms with E-state index in [1.807, 2.05) is 37.4 Å². The van der Waals surface area contributed by atoms with Crippen LogP contribution in [-0.4, -0.2) is 73.5 Å². The summed E-state index contributed by atoms with van der Waals surface area (Å²) in [6.07, 6.45) is 2.74. The van der Waals surface area contributed by atoms with Crippen LogP contribution in [0.4, 0.5) is 10.9 Å². The average molecular weight is 520 g/mol. The van der Waals surface area contributed by atoms with Gasteiger partial charge in [-0.25, -0.2) is 22.4 Å². The highest BCUT2D eigenvalue weighted by Gasteiger charge is 2.27. The van der Waals surface area contributed by atoms with E-state index in [-0.39, 0.29) is 18.8 Å². The van der Waals surface area contributed by atoms with Gasteiger partial charge in [0, 0.05) is 37.5 Å². The number of hydrogen-bond donors (Lipinski definition) is 1. The largest absolute Gasteiger partial charge is 0.383 e. The summed E-state index contributed by atoms with van der Waals surface area (Å²) in [4.78, 5) is 24.6. The number of anilines is 2. The number of nitrogens with zero attached hydrogens (tertiary/aromatic N) is 4. The molecule has 1 fully saturated rings. The number of methoxy groups -OCH3 is 1. The molecule has 3 aromatic rings. The molecule has 4 heterocycles. The van der Waals surface area contributed by atoms with E-state index in [4.69, 9.17) is 14.5 Å². The molecule has 4 rings (SSSR count). The summed E-state index contributed by atoms with van der Waals surface area (Å²) in [7, 11) is -2.10. The standard InChI is InChI=1S/C23H29N5O5S2/c1-15-11-27(12-16(2)33-15)21-9-5-7-18(24-21)19-14-34-23(25-19)26-22(29)17(13-32-3)20-8-6-10-28(20)35(4,30)31/h5-10,14-17H,11-13H2,1-4H3,(H,25,26,29). The second-order valence-corrected chi connectivity index (χ2v) is 11.3. The topological polar surface area (TPSA) is 116 Å². The molecular weight excluding hydrogens is 490 g/mol. The zero-order valence-electron chi connectivity index (χ0n) is 20.0. The maximum absolute atomic E-state index is 13.1. The van der Waals surface area contributed by atoms with Gasteiger partial charge in [0.2, 0.25) is 15.9 Å². The summed E-state index contributed by atoms with van der Waals surface area (Å²) >= 11 is 1.27. The van der Waals surface area contributed by atoms with Crippen LogP contribution in [0, 0.1) is 0 Å². The van der Waals surface area contributed by atoms with Gasteiger partial charge >= 0.3 is 0 Å². The minimum atomic E-state index is -3.56. The van der Waals surface area contributed by atoms with E-state index in [0.717, 1.165) is 29.1 Å². The number of ether oxygens (including phenoxy) is 2. The van der Waals surface area contributed by atoms with Gasteiger partial charge < -0.3 is 19.7 Å². The number of thiazole rings is 1. The molecule has 188 valence electrons. The van der Waals surface area contributed by atoms with Crippen molar-refractivity contribution in [3.8, 4) is 11.4 Å². The second-order valence-electron chi connectivity index (χ2n) is 8.57. The Morgan fingerprint density at radius 3 is 2.63 bits per heavy atom. The SMILES string of the molecule is COCC(C(=O)Nc1nc(-c2cccc(N3CC(C)OC(C)C3)n2)cs1)c1cccn1S(C)(=O)=O. The summed E-state index contributed by atoms with van der Waals surface area (Å²) in [6, 6.07) is 8.97. The highest BCUT2D eigenvalue weighted by Crippen LogP contribution is 2.28. The molecule has 3 atom stereocenters. The number of nitrogens with one attached hydrogen (secondary N) is 1. The van der Waals surface area contributed by atoms with Crippen LogP contribution in [0.2, 0.25) is 0 Å². The van der Waals surface area contributed by atoms with Crippen molar-refractivity contribution in [2.24, 2.45) is 0 Å². The fraction of sp³-hybridized carbons (Fsp3) is 0.435. The van der Waals surface area contributed by atoms with Crippen molar-refractivity contribution in [3.05, 3.63) is 47.6 Å². The molecule has 3 aromatic heterocycles. The first kappa shape index (κ1) is 25.3. The van der Waals surface area contributed by atoms with Gasteiger partial charge in [-0.3, -0.25) is 4.79 Å². The van der Waals surface area contributed by atoms with Gasteiger partial charge in [-0.15, -0.1) is 11.3 Å². The predicted molar refractivity (Wildman–Crippen MR) is 135 cm³/mol. The molecule has 1 amide bonds. The average Bonchev–Trinajstić information content (AvgIpc) is 3.47. The van der Waals surface area contributed by atoms with Gasteiger partial charge in [-0.1, -0.05) is 6.07 Å². The third-order valence-corrected chi connectivity index (χ3v) is 7.39. The molecule has 10 nitrogen and oxygen atoms in total. The normalized spacial score (nSPS) is 19.5. The van der Waals surface area contributed by atoms with E-state index >= 15 is 0 Å². The Morgan fingerprint density at radius 1 is 1.20 bits per heavy atom. The lowest BCUT2D eigenvalue weighted by atomic mass is 10.1. The third-order valence-electron chi connectivity index (χ3n) is 5.58. The number of rotatable bonds is 8. The molecule has 0 bridgehead atoms. The molecule has 0 aromatic carbocycles. The number of pyridine rings is 1. The summed E-state index contributed by atoms with van der Waals surface area (Å²) in [5, 5.41) is 5.02. The Morgan fingerprint density at radius 2 is 1.94 bits per heavy atom. The molecule has 0 aliphatic carbocycles. The second kappa shape index (κ2) is 10.4. The Hall–Kier alpha value is -2.80. The lowest BCUT2D eigenvalue weighted by Crippen LogP contribution is -2.45. The van der Waals surface area contributed by atoms with Crippen molar-refractivity contribution < 1.29 is 22.7 Å². The zero-order chi connectivity index (χ0) is 25.2. The zero-order valence-corrected chi connectivity index (χ0v) is 21.7. The Bertz CT molecular complexity index is 1280. The van der Waals surface area contributed by atoms with E-state index in [1.165, 1.54) is 24.6 Å². The fourth-order valence-corrected chi connectivity index (χ4v) is 5.73. The van der Waals surface area contributed by atoms with Crippen LogP contribution in [0.3, 0.4) is 0 Å². The van der Waals surface area contributed by atoms with Crippen molar-refractivity contribution in [1.82, 2.24) is 13.9 Å². The molecule has 35 heavy (non-hydrogen) atoms. The quantitative estimate of drug-likeness (QED) is 0.483. The smallest absolute Gasteiger partial charge is 0.237 e. The lowest BCUT2D eigenvalue weighted by Gasteiger charge is -2.36. The van der Waals surface area contributed by atoms with Crippen LogP contribution in [0.5, 0.6) is 0 Å². The lowest BCUT2D eigenvalue weighted by molar-refractivity contribution is -0.118. The van der Waals surface area contributed by atoms with Crippen LogP contribution < -0.4 is 10.2 Å². The Kier molecular flexibility index (Phi) is 7.55. The van der Waals surface area contributed by atoms with Crippen molar-refractivity contribution in [1.29, 1.82) is 0 Å². The number of hydrogen-bond acceptors (Lipinski definition) is 9. The van der Waals surface area contributed by atoms with E-state index < -0.39 is 21.8 Å². The maximum Gasteiger partial charge on any atom is 0.237 e. The summed E-state index contributed by atoms with van der Waals surface area (Å²) in [5.74, 6) is -0.386. The number of carbonyl (C=O) groups is 1. The molecule has 1 aliphatic heterocycles. The van der Waals surface area contributed by atoms with Crippen molar-refractivity contribution >= 4 is 38.2 Å². The first-order chi connectivity index (χ1) is 16.7. The monoisotopic (exact) mass is 519 g/mol. The summed E-state index contributed by atoms with van der Waals surface area (Å²) in [5.41, 5.74) is 1.67. The molecule has 12 heteroatoms. The molecular formula is C23H29N5O5S2. The van der Waals surface area contributed by atoms with Crippen LogP contribution in [0.15, 0.2) is 41.9 Å². The fourth-order valence-electron chi connectivity index (χ4n) is 4.16. The van der Waals surface area contributed by atoms with Gasteiger partial charge in [-0.05, 0) is 38.1 Å². The van der Waals surface area contributed by atoms with Crippen molar-refractivity contribution in [3.63, 3.8) is 0 Å². The van der Waals surface area contributed by atoms with E-state index in [2.05, 4.69) is 15.2 Å². The van der Waals surface area contributed by atoms with Gasteiger partial charge in [0.05, 0.1) is 30.8 Å². The highest BCUT2D eigenvalue weighted by atomic mass is 32.2. The van der Waals surface area contributed by atoms with Crippen LogP contribution in [-0.2, 0) is 24.3 Å². The van der Waals surface area contributed by atoms with Crippen molar-refractivity contribution in [2.45, 2.75) is 32.0 Å². The van der Waals surface area contributed by atoms with Crippen LogP contribution in [0.25, 0.3) is 11.4 Å².